The van der Waals surface area contributed by atoms with E-state index >= 15 is 0 Å². The molecule has 0 saturated carbocycles. The SMILES string of the molecule is C=CCn1c(COc2ccc(OC)cc2)nnc1SCC(=O)Nc1ccc(I)cc1C(C)C. The van der Waals surface area contributed by atoms with Crippen LogP contribution in [-0.4, -0.2) is 33.5 Å². The van der Waals surface area contributed by atoms with Crippen molar-refractivity contribution in [1.29, 1.82) is 0 Å². The van der Waals surface area contributed by atoms with Gasteiger partial charge in [-0.25, -0.2) is 0 Å². The van der Waals surface area contributed by atoms with E-state index in [0.717, 1.165) is 20.6 Å². The molecule has 0 unspecified atom stereocenters. The van der Waals surface area contributed by atoms with Crippen LogP contribution in [0.25, 0.3) is 0 Å². The Morgan fingerprint density at radius 3 is 2.61 bits per heavy atom. The third kappa shape index (κ3) is 6.97. The van der Waals surface area contributed by atoms with Crippen LogP contribution in [0.4, 0.5) is 5.69 Å². The van der Waals surface area contributed by atoms with Crippen molar-refractivity contribution in [3.8, 4) is 11.5 Å². The fraction of sp³-hybridized carbons (Fsp3) is 0.292. The van der Waals surface area contributed by atoms with E-state index in [1.165, 1.54) is 11.8 Å². The lowest BCUT2D eigenvalue weighted by Crippen LogP contribution is -2.16. The van der Waals surface area contributed by atoms with Crippen molar-refractivity contribution in [2.75, 3.05) is 18.2 Å². The van der Waals surface area contributed by atoms with Crippen molar-refractivity contribution in [2.24, 2.45) is 0 Å². The van der Waals surface area contributed by atoms with Crippen molar-refractivity contribution < 1.29 is 14.3 Å². The lowest BCUT2D eigenvalue weighted by molar-refractivity contribution is -0.113. The molecule has 0 saturated heterocycles. The zero-order chi connectivity index (χ0) is 23.8. The molecule has 0 aliphatic rings. The third-order valence-corrected chi connectivity index (χ3v) is 6.41. The monoisotopic (exact) mass is 578 g/mol. The topological polar surface area (TPSA) is 78.3 Å². The highest BCUT2D eigenvalue weighted by Crippen LogP contribution is 2.27. The molecule has 0 aliphatic heterocycles. The molecule has 1 N–H and O–H groups in total. The van der Waals surface area contributed by atoms with Crippen molar-refractivity contribution in [2.45, 2.75) is 38.1 Å². The Bertz CT molecular complexity index is 1100. The Morgan fingerprint density at radius 1 is 1.21 bits per heavy atom. The van der Waals surface area contributed by atoms with Gasteiger partial charge in [0.15, 0.2) is 11.0 Å². The van der Waals surface area contributed by atoms with Gasteiger partial charge in [0, 0.05) is 15.8 Å². The number of rotatable bonds is 11. The summed E-state index contributed by atoms with van der Waals surface area (Å²) < 4.78 is 14.0. The number of nitrogens with one attached hydrogen (secondary N) is 1. The Kier molecular flexibility index (Phi) is 9.19. The third-order valence-electron chi connectivity index (χ3n) is 4.77. The maximum atomic E-state index is 12.6. The van der Waals surface area contributed by atoms with Gasteiger partial charge in [0.05, 0.1) is 12.9 Å². The fourth-order valence-corrected chi connectivity index (χ4v) is 4.39. The number of hydrogen-bond donors (Lipinski definition) is 1. The van der Waals surface area contributed by atoms with Crippen LogP contribution in [0.15, 0.2) is 60.3 Å². The lowest BCUT2D eigenvalue weighted by Gasteiger charge is -2.14. The number of amides is 1. The lowest BCUT2D eigenvalue weighted by atomic mass is 10.0. The van der Waals surface area contributed by atoms with Gasteiger partial charge in [-0.1, -0.05) is 31.7 Å². The van der Waals surface area contributed by atoms with E-state index in [4.69, 9.17) is 9.47 Å². The number of benzene rings is 2. The second-order valence-electron chi connectivity index (χ2n) is 7.49. The number of nitrogens with zero attached hydrogens (tertiary/aromatic N) is 3. The Morgan fingerprint density at radius 2 is 1.94 bits per heavy atom. The predicted octanol–water partition coefficient (Wildman–Crippen LogP) is 5.51. The van der Waals surface area contributed by atoms with Crippen molar-refractivity contribution in [3.63, 3.8) is 0 Å². The van der Waals surface area contributed by atoms with Gasteiger partial charge >= 0.3 is 0 Å². The van der Waals surface area contributed by atoms with Crippen LogP contribution < -0.4 is 14.8 Å². The summed E-state index contributed by atoms with van der Waals surface area (Å²) in [6.45, 7) is 8.82. The number of carbonyl (C=O) groups is 1. The second-order valence-corrected chi connectivity index (χ2v) is 9.67. The first-order valence-electron chi connectivity index (χ1n) is 10.4. The summed E-state index contributed by atoms with van der Waals surface area (Å²) in [4.78, 5) is 12.6. The molecule has 0 bridgehead atoms. The number of anilines is 1. The minimum absolute atomic E-state index is 0.0905. The number of carbonyl (C=O) groups excluding carboxylic acids is 1. The van der Waals surface area contributed by atoms with Crippen LogP contribution >= 0.6 is 34.4 Å². The van der Waals surface area contributed by atoms with Gasteiger partial charge in [0.1, 0.15) is 18.1 Å². The summed E-state index contributed by atoms with van der Waals surface area (Å²) in [6.07, 6.45) is 1.77. The largest absolute Gasteiger partial charge is 0.497 e. The highest BCUT2D eigenvalue weighted by atomic mass is 127. The number of methoxy groups -OCH3 is 1. The van der Waals surface area contributed by atoms with Crippen LogP contribution in [0, 0.1) is 3.57 Å². The van der Waals surface area contributed by atoms with Gasteiger partial charge in [0.25, 0.3) is 0 Å². The summed E-state index contributed by atoms with van der Waals surface area (Å²) in [5, 5.41) is 12.2. The van der Waals surface area contributed by atoms with Crippen LogP contribution in [0.3, 0.4) is 0 Å². The number of ether oxygens (including phenoxy) is 2. The molecule has 174 valence electrons. The van der Waals surface area contributed by atoms with Gasteiger partial charge in [0.2, 0.25) is 5.91 Å². The average molecular weight is 578 g/mol. The first-order chi connectivity index (χ1) is 15.9. The number of hydrogen-bond acceptors (Lipinski definition) is 6. The van der Waals surface area contributed by atoms with Gasteiger partial charge in [-0.15, -0.1) is 16.8 Å². The van der Waals surface area contributed by atoms with Crippen LogP contribution in [-0.2, 0) is 17.9 Å². The summed E-state index contributed by atoms with van der Waals surface area (Å²) in [5.74, 6) is 2.57. The highest BCUT2D eigenvalue weighted by molar-refractivity contribution is 14.1. The molecule has 2 aromatic carbocycles. The molecule has 1 amide bonds. The predicted molar refractivity (Wildman–Crippen MR) is 140 cm³/mol. The molecule has 1 aromatic heterocycles. The summed E-state index contributed by atoms with van der Waals surface area (Å²) >= 11 is 3.62. The molecular formula is C24H27IN4O3S. The van der Waals surface area contributed by atoms with E-state index in [9.17, 15) is 4.79 Å². The van der Waals surface area contributed by atoms with E-state index in [1.54, 1.807) is 13.2 Å². The van der Waals surface area contributed by atoms with Gasteiger partial charge < -0.3 is 14.8 Å². The standard InChI is InChI=1S/C24H27IN4O3S/c1-5-12-29-22(14-32-19-9-7-18(31-4)8-10-19)27-28-24(29)33-15-23(30)26-21-11-6-17(25)13-20(21)16(2)3/h5-11,13,16H,1,12,14-15H2,2-4H3,(H,26,30). The quantitative estimate of drug-likeness (QED) is 0.184. The molecule has 0 spiro atoms. The van der Waals surface area contributed by atoms with Crippen molar-refractivity contribution in [1.82, 2.24) is 14.8 Å². The van der Waals surface area contributed by atoms with Crippen molar-refractivity contribution in [3.05, 3.63) is 70.1 Å². The second kappa shape index (κ2) is 12.1. The van der Waals surface area contributed by atoms with E-state index < -0.39 is 0 Å². The molecule has 3 aromatic rings. The molecule has 0 fully saturated rings. The van der Waals surface area contributed by atoms with E-state index in [0.29, 0.717) is 29.2 Å². The van der Waals surface area contributed by atoms with Crippen LogP contribution in [0.5, 0.6) is 11.5 Å². The molecule has 3 rings (SSSR count). The Hall–Kier alpha value is -2.53. The normalized spacial score (nSPS) is 10.8. The number of allylic oxidation sites excluding steroid dienone is 1. The molecular weight excluding hydrogens is 551 g/mol. The zero-order valence-electron chi connectivity index (χ0n) is 18.9. The number of thioether (sulfide) groups is 1. The van der Waals surface area contributed by atoms with Gasteiger partial charge in [-0.3, -0.25) is 9.36 Å². The number of halogens is 1. The van der Waals surface area contributed by atoms with E-state index in [2.05, 4.69) is 64.6 Å². The number of aromatic nitrogens is 3. The maximum Gasteiger partial charge on any atom is 0.234 e. The molecule has 9 heteroatoms. The van der Waals surface area contributed by atoms with E-state index in [-0.39, 0.29) is 18.3 Å². The zero-order valence-corrected chi connectivity index (χ0v) is 21.9. The Labute approximate surface area is 212 Å². The van der Waals surface area contributed by atoms with Gasteiger partial charge in [-0.2, -0.15) is 0 Å². The molecule has 33 heavy (non-hydrogen) atoms. The Balaban J connectivity index is 1.63. The molecule has 0 radical (unpaired) electrons. The van der Waals surface area contributed by atoms with Crippen LogP contribution in [0.1, 0.15) is 31.2 Å². The minimum atomic E-state index is -0.0905. The first kappa shape index (κ1) is 25.1. The first-order valence-corrected chi connectivity index (χ1v) is 12.5. The van der Waals surface area contributed by atoms with Crippen LogP contribution in [0.2, 0.25) is 0 Å². The van der Waals surface area contributed by atoms with Gasteiger partial charge in [-0.05, 0) is 76.5 Å². The maximum absolute atomic E-state index is 12.6. The smallest absolute Gasteiger partial charge is 0.234 e. The summed E-state index contributed by atoms with van der Waals surface area (Å²) in [5.41, 5.74) is 1.96. The summed E-state index contributed by atoms with van der Waals surface area (Å²) in [6, 6.07) is 13.4. The average Bonchev–Trinajstić information content (AvgIpc) is 3.19. The minimum Gasteiger partial charge on any atom is -0.497 e. The molecule has 1 heterocycles. The molecule has 7 nitrogen and oxygen atoms in total. The molecule has 0 aliphatic carbocycles. The highest BCUT2D eigenvalue weighted by Gasteiger charge is 2.16. The van der Waals surface area contributed by atoms with Crippen molar-refractivity contribution >= 4 is 45.9 Å². The fourth-order valence-electron chi connectivity index (χ4n) is 3.11. The molecule has 0 atom stereocenters. The van der Waals surface area contributed by atoms with E-state index in [1.807, 2.05) is 41.0 Å². The summed E-state index contributed by atoms with van der Waals surface area (Å²) in [7, 11) is 1.62.